The van der Waals surface area contributed by atoms with E-state index in [1.54, 1.807) is 12.1 Å². The zero-order valence-electron chi connectivity index (χ0n) is 17.3. The molecule has 1 aromatic carbocycles. The second-order valence-corrected chi connectivity index (χ2v) is 10.4. The van der Waals surface area contributed by atoms with Crippen LogP contribution in [0.1, 0.15) is 63.4 Å². The molecule has 30 heavy (non-hydrogen) atoms. The smallest absolute Gasteiger partial charge is 0.220 e. The van der Waals surface area contributed by atoms with Gasteiger partial charge in [0.2, 0.25) is 11.8 Å². The molecule has 1 aromatic rings. The minimum absolute atomic E-state index is 0.0202. The lowest BCUT2D eigenvalue weighted by Gasteiger charge is -2.58. The molecule has 1 saturated heterocycles. The van der Waals surface area contributed by atoms with Crippen LogP contribution in [-0.4, -0.2) is 34.1 Å². The van der Waals surface area contributed by atoms with Gasteiger partial charge < -0.3 is 15.7 Å². The Morgan fingerprint density at radius 2 is 1.87 bits per heavy atom. The van der Waals surface area contributed by atoms with Crippen LogP contribution in [0, 0.1) is 23.6 Å². The lowest BCUT2D eigenvalue weighted by molar-refractivity contribution is -0.146. The number of hydrogen-bond acceptors (Lipinski definition) is 3. The van der Waals surface area contributed by atoms with E-state index in [2.05, 4.69) is 10.6 Å². The maximum atomic E-state index is 13.2. The first-order chi connectivity index (χ1) is 14.3. The number of carbonyl (C=O) groups excluding carboxylic acids is 2. The Kier molecular flexibility index (Phi) is 4.88. The zero-order chi connectivity index (χ0) is 20.9. The summed E-state index contributed by atoms with van der Waals surface area (Å²) in [7, 11) is 0. The van der Waals surface area contributed by atoms with Crippen molar-refractivity contribution in [3.8, 4) is 0 Å². The molecule has 0 aromatic heterocycles. The summed E-state index contributed by atoms with van der Waals surface area (Å²) in [4.78, 5) is 24.8. The van der Waals surface area contributed by atoms with Gasteiger partial charge in [-0.25, -0.2) is 4.39 Å². The van der Waals surface area contributed by atoms with E-state index in [1.165, 1.54) is 12.1 Å². The number of rotatable bonds is 6. The van der Waals surface area contributed by atoms with Crippen molar-refractivity contribution in [2.45, 2.75) is 81.4 Å². The average Bonchev–Trinajstić information content (AvgIpc) is 3.04. The molecule has 3 unspecified atom stereocenters. The molecule has 162 valence electrons. The van der Waals surface area contributed by atoms with Gasteiger partial charge in [0, 0.05) is 24.4 Å². The van der Waals surface area contributed by atoms with Gasteiger partial charge in [-0.3, -0.25) is 9.59 Å². The Balaban J connectivity index is 1.21. The van der Waals surface area contributed by atoms with Gasteiger partial charge in [-0.15, -0.1) is 0 Å². The highest BCUT2D eigenvalue weighted by atomic mass is 19.1. The molecule has 4 saturated carbocycles. The minimum atomic E-state index is -0.495. The van der Waals surface area contributed by atoms with Gasteiger partial charge in [0.25, 0.3) is 0 Å². The van der Waals surface area contributed by atoms with Crippen LogP contribution in [0.2, 0.25) is 0 Å². The summed E-state index contributed by atoms with van der Waals surface area (Å²) in [5, 5.41) is 17.1. The van der Waals surface area contributed by atoms with Gasteiger partial charge in [-0.2, -0.15) is 0 Å². The van der Waals surface area contributed by atoms with Gasteiger partial charge in [-0.1, -0.05) is 12.1 Å². The molecule has 0 radical (unpaired) electrons. The molecule has 6 rings (SSSR count). The molecule has 1 aliphatic heterocycles. The standard InChI is InChI=1S/C24H31FN2O3/c25-19-3-1-15(2-4-19)11-23(8-6-21(29)27-23)7-5-20(28)26-22-17-9-16-10-18(22)14-24(30,12-16)13-17/h1-4,16-18,22,30H,5-14H2,(H,26,28)(H,27,29)/t16?,17-,18+,22?,23-,24?/m1/s1. The molecule has 2 amide bonds. The Bertz CT molecular complexity index is 825. The Morgan fingerprint density at radius 3 is 2.47 bits per heavy atom. The number of nitrogens with one attached hydrogen (secondary N) is 2. The van der Waals surface area contributed by atoms with E-state index in [1.807, 2.05) is 0 Å². The monoisotopic (exact) mass is 414 g/mol. The van der Waals surface area contributed by atoms with Crippen LogP contribution in [0.15, 0.2) is 24.3 Å². The van der Waals surface area contributed by atoms with Gasteiger partial charge in [0.15, 0.2) is 0 Å². The van der Waals surface area contributed by atoms with Gasteiger partial charge in [0.1, 0.15) is 5.82 Å². The number of benzene rings is 1. The fraction of sp³-hybridized carbons (Fsp3) is 0.667. The number of halogens is 1. The molecule has 6 atom stereocenters. The van der Waals surface area contributed by atoms with E-state index in [0.29, 0.717) is 49.9 Å². The largest absolute Gasteiger partial charge is 0.390 e. The van der Waals surface area contributed by atoms with E-state index in [4.69, 9.17) is 0 Å². The highest BCUT2D eigenvalue weighted by molar-refractivity contribution is 5.80. The van der Waals surface area contributed by atoms with Crippen LogP contribution < -0.4 is 10.6 Å². The van der Waals surface area contributed by atoms with Crippen molar-refractivity contribution in [3.05, 3.63) is 35.6 Å². The first-order valence-electron chi connectivity index (χ1n) is 11.4. The second-order valence-electron chi connectivity index (χ2n) is 10.4. The SMILES string of the molecule is O=C(CC[C@]1(Cc2ccc(F)cc2)CCC(=O)N1)NC1[C@@H]2CC3C[C@H]1CC(O)(C3)C2. The molecule has 5 fully saturated rings. The molecular weight excluding hydrogens is 383 g/mol. The summed E-state index contributed by atoms with van der Waals surface area (Å²) >= 11 is 0. The van der Waals surface area contributed by atoms with E-state index in [9.17, 15) is 19.1 Å². The third kappa shape index (κ3) is 3.86. The van der Waals surface area contributed by atoms with Crippen LogP contribution in [0.4, 0.5) is 4.39 Å². The van der Waals surface area contributed by atoms with Crippen molar-refractivity contribution in [3.63, 3.8) is 0 Å². The van der Waals surface area contributed by atoms with Crippen LogP contribution in [0.25, 0.3) is 0 Å². The normalized spacial score (nSPS) is 39.2. The Hall–Kier alpha value is -1.95. The van der Waals surface area contributed by atoms with E-state index >= 15 is 0 Å². The number of amides is 2. The van der Waals surface area contributed by atoms with E-state index in [0.717, 1.165) is 37.7 Å². The van der Waals surface area contributed by atoms with Gasteiger partial charge >= 0.3 is 0 Å². The minimum Gasteiger partial charge on any atom is -0.390 e. The van der Waals surface area contributed by atoms with Crippen LogP contribution in [0.5, 0.6) is 0 Å². The summed E-state index contributed by atoms with van der Waals surface area (Å²) in [6, 6.07) is 6.56. The van der Waals surface area contributed by atoms with Crippen molar-refractivity contribution in [1.29, 1.82) is 0 Å². The topological polar surface area (TPSA) is 78.4 Å². The van der Waals surface area contributed by atoms with Gasteiger partial charge in [-0.05, 0) is 86.8 Å². The predicted octanol–water partition coefficient (Wildman–Crippen LogP) is 2.85. The number of aliphatic hydroxyl groups is 1. The van der Waals surface area contributed by atoms with Crippen molar-refractivity contribution in [1.82, 2.24) is 10.6 Å². The Morgan fingerprint density at radius 1 is 1.17 bits per heavy atom. The molecule has 5 aliphatic rings. The predicted molar refractivity (Wildman–Crippen MR) is 110 cm³/mol. The average molecular weight is 415 g/mol. The van der Waals surface area contributed by atoms with Crippen LogP contribution in [-0.2, 0) is 16.0 Å². The Labute approximate surface area is 176 Å². The fourth-order valence-corrected chi connectivity index (χ4v) is 7.00. The quantitative estimate of drug-likeness (QED) is 0.670. The maximum Gasteiger partial charge on any atom is 0.220 e. The molecule has 4 bridgehead atoms. The molecule has 4 aliphatic carbocycles. The highest BCUT2D eigenvalue weighted by Crippen LogP contribution is 2.55. The summed E-state index contributed by atoms with van der Waals surface area (Å²) in [5.74, 6) is 1.19. The van der Waals surface area contributed by atoms with Crippen molar-refractivity contribution < 1.29 is 19.1 Å². The maximum absolute atomic E-state index is 13.2. The summed E-state index contributed by atoms with van der Waals surface area (Å²) < 4.78 is 13.2. The third-order valence-corrected chi connectivity index (χ3v) is 8.09. The molecule has 5 nitrogen and oxygen atoms in total. The number of hydrogen-bond donors (Lipinski definition) is 3. The van der Waals surface area contributed by atoms with E-state index in [-0.39, 0.29) is 23.7 Å². The zero-order valence-corrected chi connectivity index (χ0v) is 17.3. The molecule has 0 spiro atoms. The molecule has 1 heterocycles. The summed E-state index contributed by atoms with van der Waals surface area (Å²) in [6.07, 6.45) is 7.52. The van der Waals surface area contributed by atoms with Crippen molar-refractivity contribution >= 4 is 11.8 Å². The second kappa shape index (κ2) is 7.33. The highest BCUT2D eigenvalue weighted by Gasteiger charge is 2.55. The lowest BCUT2D eigenvalue weighted by Crippen LogP contribution is -2.61. The molecular formula is C24H31FN2O3. The number of carbonyl (C=O) groups is 2. The summed E-state index contributed by atoms with van der Waals surface area (Å²) in [5.41, 5.74) is 0.0320. The van der Waals surface area contributed by atoms with Crippen LogP contribution >= 0.6 is 0 Å². The van der Waals surface area contributed by atoms with Gasteiger partial charge in [0.05, 0.1) is 5.60 Å². The third-order valence-electron chi connectivity index (χ3n) is 8.09. The summed E-state index contributed by atoms with van der Waals surface area (Å²) in [6.45, 7) is 0. The first kappa shape index (κ1) is 20.0. The fourth-order valence-electron chi connectivity index (χ4n) is 7.00. The van der Waals surface area contributed by atoms with Crippen molar-refractivity contribution in [2.24, 2.45) is 17.8 Å². The van der Waals surface area contributed by atoms with E-state index < -0.39 is 11.1 Å². The first-order valence-corrected chi connectivity index (χ1v) is 11.4. The molecule has 3 N–H and O–H groups in total. The lowest BCUT2D eigenvalue weighted by atomic mass is 9.52. The molecule has 6 heteroatoms. The van der Waals surface area contributed by atoms with Crippen LogP contribution in [0.3, 0.4) is 0 Å². The van der Waals surface area contributed by atoms with Crippen molar-refractivity contribution in [2.75, 3.05) is 0 Å².